The van der Waals surface area contributed by atoms with E-state index in [0.29, 0.717) is 32.5 Å². The molecule has 1 spiro atoms. The lowest BCUT2D eigenvalue weighted by molar-refractivity contribution is -0.127. The smallest absolute Gasteiger partial charge is 0.241 e. The van der Waals surface area contributed by atoms with Gasteiger partial charge in [0.2, 0.25) is 5.91 Å². The maximum absolute atomic E-state index is 12.1. The second-order valence-electron chi connectivity index (χ2n) is 8.90. The Hall–Kier alpha value is -2.47. The molecule has 10 nitrogen and oxygen atoms in total. The Morgan fingerprint density at radius 1 is 1.26 bits per heavy atom. The molecule has 2 aliphatic rings. The standard InChI is InChI=1S/C22H29ClN8O2S/c23-19-14(10-13(32)11-18(33)30-26)27-7-3-15(19)34-21-20(25)29-17(12-28-21)31-8-5-22(6-9-31)4-1-2-16(22)24/h3,7,12,16H,1-2,4-6,8-11,24,26H2,(H2,25,29)(H,30,33). The molecule has 7 N–H and O–H groups in total. The molecule has 1 aliphatic carbocycles. The summed E-state index contributed by atoms with van der Waals surface area (Å²) >= 11 is 7.74. The van der Waals surface area contributed by atoms with Gasteiger partial charge in [-0.2, -0.15) is 0 Å². The van der Waals surface area contributed by atoms with Crippen molar-refractivity contribution in [3.05, 3.63) is 29.2 Å². The third kappa shape index (κ3) is 5.27. The number of nitrogens with two attached hydrogens (primary N) is 3. The number of nitrogen functional groups attached to an aromatic ring is 1. The fraction of sp³-hybridized carbons (Fsp3) is 0.500. The fourth-order valence-corrected chi connectivity index (χ4v) is 5.93. The largest absolute Gasteiger partial charge is 0.381 e. The van der Waals surface area contributed by atoms with Gasteiger partial charge in [-0.25, -0.2) is 15.8 Å². The van der Waals surface area contributed by atoms with Gasteiger partial charge in [0.05, 0.1) is 29.8 Å². The van der Waals surface area contributed by atoms with Crippen molar-refractivity contribution >= 4 is 46.7 Å². The van der Waals surface area contributed by atoms with Gasteiger partial charge < -0.3 is 16.4 Å². The van der Waals surface area contributed by atoms with E-state index in [-0.39, 0.29) is 24.0 Å². The van der Waals surface area contributed by atoms with Crippen LogP contribution in [0, 0.1) is 5.41 Å². The summed E-state index contributed by atoms with van der Waals surface area (Å²) in [5, 5.41) is 0.830. The number of piperidine rings is 1. The molecule has 2 fully saturated rings. The third-order valence-corrected chi connectivity index (χ3v) is 8.43. The Morgan fingerprint density at radius 2 is 2.03 bits per heavy atom. The zero-order chi connectivity index (χ0) is 24.3. The molecule has 2 aromatic rings. The van der Waals surface area contributed by atoms with Crippen LogP contribution in [0.3, 0.4) is 0 Å². The highest BCUT2D eigenvalue weighted by Gasteiger charge is 2.43. The number of ketones is 1. The van der Waals surface area contributed by atoms with Gasteiger partial charge in [0, 0.05) is 30.2 Å². The number of Topliss-reactive ketones (excluding diaryl/α,β-unsaturated/α-hetero) is 1. The Balaban J connectivity index is 1.42. The Labute approximate surface area is 207 Å². The van der Waals surface area contributed by atoms with Gasteiger partial charge in [-0.15, -0.1) is 0 Å². The van der Waals surface area contributed by atoms with Crippen LogP contribution in [0.25, 0.3) is 0 Å². The predicted molar refractivity (Wildman–Crippen MR) is 131 cm³/mol. The molecular formula is C22H29ClN8O2S. The topological polar surface area (TPSA) is 166 Å². The van der Waals surface area contributed by atoms with Crippen molar-refractivity contribution in [1.82, 2.24) is 20.4 Å². The number of hydrazine groups is 1. The monoisotopic (exact) mass is 504 g/mol. The van der Waals surface area contributed by atoms with E-state index in [1.54, 1.807) is 18.5 Å². The quantitative estimate of drug-likeness (QED) is 0.189. The molecule has 3 heterocycles. The lowest BCUT2D eigenvalue weighted by Gasteiger charge is -2.42. The van der Waals surface area contributed by atoms with Crippen molar-refractivity contribution in [2.24, 2.45) is 17.0 Å². The number of rotatable bonds is 7. The predicted octanol–water partition coefficient (Wildman–Crippen LogP) is 1.85. The van der Waals surface area contributed by atoms with Crippen molar-refractivity contribution in [3.8, 4) is 0 Å². The number of aromatic nitrogens is 3. The molecule has 0 bridgehead atoms. The van der Waals surface area contributed by atoms with Gasteiger partial charge in [-0.3, -0.25) is 20.0 Å². The Bertz CT molecular complexity index is 1080. The second-order valence-corrected chi connectivity index (χ2v) is 10.3. The number of nitrogens with one attached hydrogen (secondary N) is 1. The van der Waals surface area contributed by atoms with E-state index in [2.05, 4.69) is 19.9 Å². The highest BCUT2D eigenvalue weighted by molar-refractivity contribution is 7.99. The third-order valence-electron chi connectivity index (χ3n) is 6.83. The second kappa shape index (κ2) is 10.4. The van der Waals surface area contributed by atoms with Gasteiger partial charge in [-0.1, -0.05) is 29.8 Å². The molecule has 1 aliphatic heterocycles. The highest BCUT2D eigenvalue weighted by atomic mass is 35.5. The van der Waals surface area contributed by atoms with E-state index < -0.39 is 5.91 Å². The summed E-state index contributed by atoms with van der Waals surface area (Å²) in [5.74, 6) is 5.19. The molecule has 182 valence electrons. The summed E-state index contributed by atoms with van der Waals surface area (Å²) in [6.45, 7) is 1.79. The molecule has 1 saturated carbocycles. The molecule has 1 atom stereocenters. The van der Waals surface area contributed by atoms with Crippen LogP contribution in [0.2, 0.25) is 5.02 Å². The van der Waals surface area contributed by atoms with E-state index in [1.807, 2.05) is 5.43 Å². The summed E-state index contributed by atoms with van der Waals surface area (Å²) in [5.41, 5.74) is 15.2. The van der Waals surface area contributed by atoms with E-state index in [1.165, 1.54) is 24.6 Å². The Morgan fingerprint density at radius 3 is 2.68 bits per heavy atom. The lowest BCUT2D eigenvalue weighted by Crippen LogP contribution is -2.47. The Kier molecular flexibility index (Phi) is 7.56. The maximum Gasteiger partial charge on any atom is 0.241 e. The van der Waals surface area contributed by atoms with Gasteiger partial charge in [0.15, 0.2) is 5.82 Å². The van der Waals surface area contributed by atoms with Gasteiger partial charge in [-0.05, 0) is 37.2 Å². The minimum absolute atomic E-state index is 0.0825. The number of anilines is 2. The number of amides is 1. The van der Waals surface area contributed by atoms with Crippen molar-refractivity contribution in [2.75, 3.05) is 23.7 Å². The van der Waals surface area contributed by atoms with Crippen LogP contribution in [0.4, 0.5) is 11.6 Å². The van der Waals surface area contributed by atoms with Gasteiger partial charge in [0.25, 0.3) is 0 Å². The molecule has 34 heavy (non-hydrogen) atoms. The molecule has 2 aromatic heterocycles. The number of nitrogens with zero attached hydrogens (tertiary/aromatic N) is 4. The summed E-state index contributed by atoms with van der Waals surface area (Å²) in [6, 6.07) is 2.02. The van der Waals surface area contributed by atoms with Crippen LogP contribution in [0.15, 0.2) is 28.4 Å². The summed E-state index contributed by atoms with van der Waals surface area (Å²) in [4.78, 5) is 39.5. The van der Waals surface area contributed by atoms with Crippen LogP contribution in [0.1, 0.15) is 44.2 Å². The average molecular weight is 505 g/mol. The first-order valence-electron chi connectivity index (χ1n) is 11.3. The van der Waals surface area contributed by atoms with Crippen LogP contribution in [0.5, 0.6) is 0 Å². The molecule has 4 rings (SSSR count). The van der Waals surface area contributed by atoms with Crippen LogP contribution in [-0.2, 0) is 16.0 Å². The zero-order valence-corrected chi connectivity index (χ0v) is 20.4. The van der Waals surface area contributed by atoms with E-state index in [9.17, 15) is 9.59 Å². The number of pyridine rings is 1. The SMILES string of the molecule is NNC(=O)CC(=O)Cc1nccc(Sc2ncc(N3CCC4(CCCC4N)CC3)nc2N)c1Cl. The number of hydrogen-bond donors (Lipinski definition) is 4. The summed E-state index contributed by atoms with van der Waals surface area (Å²) < 4.78 is 0. The first-order valence-corrected chi connectivity index (χ1v) is 12.5. The molecule has 0 radical (unpaired) electrons. The van der Waals surface area contributed by atoms with E-state index in [0.717, 1.165) is 38.2 Å². The summed E-state index contributed by atoms with van der Waals surface area (Å²) in [7, 11) is 0. The van der Waals surface area contributed by atoms with Crippen LogP contribution < -0.4 is 27.6 Å². The first kappa shape index (κ1) is 24.6. The molecule has 1 amide bonds. The normalized spacial score (nSPS) is 19.4. The van der Waals surface area contributed by atoms with Crippen molar-refractivity contribution < 1.29 is 9.59 Å². The maximum atomic E-state index is 12.1. The van der Waals surface area contributed by atoms with Gasteiger partial charge in [0.1, 0.15) is 16.6 Å². The number of halogens is 1. The molecule has 0 aromatic carbocycles. The highest BCUT2D eigenvalue weighted by Crippen LogP contribution is 2.46. The zero-order valence-electron chi connectivity index (χ0n) is 18.8. The average Bonchev–Trinajstić information content (AvgIpc) is 3.17. The number of carbonyl (C=O) groups is 2. The van der Waals surface area contributed by atoms with Gasteiger partial charge >= 0.3 is 0 Å². The van der Waals surface area contributed by atoms with Crippen molar-refractivity contribution in [1.29, 1.82) is 0 Å². The molecule has 1 unspecified atom stereocenters. The molecular weight excluding hydrogens is 476 g/mol. The fourth-order valence-electron chi connectivity index (χ4n) is 4.83. The summed E-state index contributed by atoms with van der Waals surface area (Å²) in [6.07, 6.45) is 8.54. The van der Waals surface area contributed by atoms with Crippen LogP contribution >= 0.6 is 23.4 Å². The van der Waals surface area contributed by atoms with E-state index >= 15 is 0 Å². The lowest BCUT2D eigenvalue weighted by atomic mass is 9.74. The number of carbonyl (C=O) groups excluding carboxylic acids is 2. The number of hydrogen-bond acceptors (Lipinski definition) is 10. The molecule has 1 saturated heterocycles. The van der Waals surface area contributed by atoms with Crippen molar-refractivity contribution in [2.45, 2.75) is 60.9 Å². The first-order chi connectivity index (χ1) is 16.3. The van der Waals surface area contributed by atoms with E-state index in [4.69, 9.17) is 28.9 Å². The van der Waals surface area contributed by atoms with Crippen molar-refractivity contribution in [3.63, 3.8) is 0 Å². The van der Waals surface area contributed by atoms with Crippen LogP contribution in [-0.4, -0.2) is 45.8 Å². The molecule has 12 heteroatoms. The minimum atomic E-state index is -0.565. The minimum Gasteiger partial charge on any atom is -0.381 e.